The third-order valence-corrected chi connectivity index (χ3v) is 7.25. The zero-order valence-corrected chi connectivity index (χ0v) is 15.7. The van der Waals surface area contributed by atoms with Crippen LogP contribution in [0.2, 0.25) is 0 Å². The quantitative estimate of drug-likeness (QED) is 0.841. The molecule has 2 aliphatic rings. The zero-order valence-electron chi connectivity index (χ0n) is 14.9. The molecule has 1 saturated carbocycles. The van der Waals surface area contributed by atoms with Gasteiger partial charge in [0.05, 0.1) is 11.4 Å². The summed E-state index contributed by atoms with van der Waals surface area (Å²) in [7, 11) is -3.59. The summed E-state index contributed by atoms with van der Waals surface area (Å²) in [5, 5.41) is 9.81. The van der Waals surface area contributed by atoms with E-state index < -0.39 is 10.0 Å². The minimum atomic E-state index is -3.59. The molecule has 2 fully saturated rings. The van der Waals surface area contributed by atoms with Gasteiger partial charge in [0.2, 0.25) is 10.0 Å². The number of nitrogens with zero attached hydrogens (tertiary/aromatic N) is 3. The van der Waals surface area contributed by atoms with Crippen molar-refractivity contribution in [1.29, 1.82) is 0 Å². The van der Waals surface area contributed by atoms with Gasteiger partial charge >= 0.3 is 6.03 Å². The second kappa shape index (κ2) is 7.33. The summed E-state index contributed by atoms with van der Waals surface area (Å²) >= 11 is 0. The van der Waals surface area contributed by atoms with Gasteiger partial charge in [0, 0.05) is 32.2 Å². The molecule has 1 aliphatic carbocycles. The SMILES string of the molecule is Cc1n[nH]c(C)c1S(=O)(=O)N1CCCN(C(=O)NC2CCCC2)CC1. The highest BCUT2D eigenvalue weighted by atomic mass is 32.2. The fraction of sp³-hybridized carbons (Fsp3) is 0.750. The molecule has 0 radical (unpaired) electrons. The van der Waals surface area contributed by atoms with E-state index in [1.54, 1.807) is 18.7 Å². The summed E-state index contributed by atoms with van der Waals surface area (Å²) in [6.07, 6.45) is 5.05. The Morgan fingerprint density at radius 2 is 1.84 bits per heavy atom. The highest BCUT2D eigenvalue weighted by Gasteiger charge is 2.32. The number of hydrogen-bond acceptors (Lipinski definition) is 4. The van der Waals surface area contributed by atoms with E-state index in [4.69, 9.17) is 0 Å². The minimum absolute atomic E-state index is 0.0678. The molecule has 2 heterocycles. The van der Waals surface area contributed by atoms with E-state index in [0.29, 0.717) is 44.0 Å². The third-order valence-electron chi connectivity index (χ3n) is 5.08. The van der Waals surface area contributed by atoms with Crippen LogP contribution in [0.15, 0.2) is 4.90 Å². The molecule has 0 atom stereocenters. The van der Waals surface area contributed by atoms with Crippen LogP contribution in [0.4, 0.5) is 4.79 Å². The topological polar surface area (TPSA) is 98.4 Å². The molecule has 0 unspecified atom stereocenters. The van der Waals surface area contributed by atoms with Crippen LogP contribution >= 0.6 is 0 Å². The first kappa shape index (κ1) is 18.2. The number of aromatic nitrogens is 2. The van der Waals surface area contributed by atoms with Crippen molar-refractivity contribution in [2.75, 3.05) is 26.2 Å². The first-order valence-corrected chi connectivity index (χ1v) is 10.4. The van der Waals surface area contributed by atoms with Gasteiger partial charge in [0.25, 0.3) is 0 Å². The molecule has 8 nitrogen and oxygen atoms in total. The predicted octanol–water partition coefficient (Wildman–Crippen LogP) is 1.38. The van der Waals surface area contributed by atoms with Gasteiger partial charge in [-0.1, -0.05) is 12.8 Å². The van der Waals surface area contributed by atoms with Crippen LogP contribution < -0.4 is 5.32 Å². The molecular weight excluding hydrogens is 342 g/mol. The summed E-state index contributed by atoms with van der Waals surface area (Å²) in [4.78, 5) is 14.4. The molecule has 0 aromatic carbocycles. The fourth-order valence-corrected chi connectivity index (χ4v) is 5.52. The van der Waals surface area contributed by atoms with Gasteiger partial charge in [0.15, 0.2) is 0 Å². The molecule has 1 aromatic heterocycles. The normalized spacial score (nSPS) is 20.6. The molecule has 2 N–H and O–H groups in total. The number of urea groups is 1. The maximum atomic E-state index is 12.9. The van der Waals surface area contributed by atoms with E-state index in [2.05, 4.69) is 15.5 Å². The van der Waals surface area contributed by atoms with Crippen LogP contribution in [-0.2, 0) is 10.0 Å². The van der Waals surface area contributed by atoms with Crippen molar-refractivity contribution in [3.05, 3.63) is 11.4 Å². The number of hydrogen-bond donors (Lipinski definition) is 2. The molecule has 1 aliphatic heterocycles. The Kier molecular flexibility index (Phi) is 5.33. The molecular formula is C16H27N5O3S. The van der Waals surface area contributed by atoms with E-state index in [1.807, 2.05) is 0 Å². The standard InChI is InChI=1S/C16H27N5O3S/c1-12-15(13(2)19-18-12)25(23,24)21-9-5-8-20(10-11-21)16(22)17-14-6-3-4-7-14/h14H,3-11H2,1-2H3,(H,17,22)(H,18,19). The first-order valence-electron chi connectivity index (χ1n) is 8.97. The van der Waals surface area contributed by atoms with Crippen molar-refractivity contribution in [1.82, 2.24) is 24.7 Å². The van der Waals surface area contributed by atoms with Crippen molar-refractivity contribution >= 4 is 16.1 Å². The van der Waals surface area contributed by atoms with Gasteiger partial charge in [-0.2, -0.15) is 9.40 Å². The van der Waals surface area contributed by atoms with E-state index in [-0.39, 0.29) is 17.0 Å². The Balaban J connectivity index is 1.66. The van der Waals surface area contributed by atoms with Gasteiger partial charge in [-0.15, -0.1) is 0 Å². The van der Waals surface area contributed by atoms with E-state index in [0.717, 1.165) is 12.8 Å². The molecule has 25 heavy (non-hydrogen) atoms. The highest BCUT2D eigenvalue weighted by molar-refractivity contribution is 7.89. The van der Waals surface area contributed by atoms with Gasteiger partial charge in [0.1, 0.15) is 4.90 Å². The molecule has 1 aromatic rings. The summed E-state index contributed by atoms with van der Waals surface area (Å²) < 4.78 is 27.4. The number of H-pyrrole nitrogens is 1. The van der Waals surface area contributed by atoms with E-state index in [9.17, 15) is 13.2 Å². The van der Waals surface area contributed by atoms with Crippen LogP contribution in [-0.4, -0.2) is 66.1 Å². The number of carbonyl (C=O) groups excluding carboxylic acids is 1. The van der Waals surface area contributed by atoms with Gasteiger partial charge < -0.3 is 10.2 Å². The van der Waals surface area contributed by atoms with E-state index >= 15 is 0 Å². The molecule has 1 saturated heterocycles. The lowest BCUT2D eigenvalue weighted by Gasteiger charge is -2.24. The number of amides is 2. The summed E-state index contributed by atoms with van der Waals surface area (Å²) in [5.41, 5.74) is 1.04. The summed E-state index contributed by atoms with van der Waals surface area (Å²) in [6.45, 7) is 5.12. The minimum Gasteiger partial charge on any atom is -0.335 e. The maximum absolute atomic E-state index is 12.9. The van der Waals surface area contributed by atoms with Crippen molar-refractivity contribution in [3.8, 4) is 0 Å². The Labute approximate surface area is 149 Å². The van der Waals surface area contributed by atoms with Crippen molar-refractivity contribution in [2.24, 2.45) is 0 Å². The average Bonchev–Trinajstić information content (AvgIpc) is 3.09. The Bertz CT molecular complexity index is 705. The van der Waals surface area contributed by atoms with Crippen LogP contribution in [0.1, 0.15) is 43.5 Å². The van der Waals surface area contributed by atoms with Crippen molar-refractivity contribution in [3.63, 3.8) is 0 Å². The fourth-order valence-electron chi connectivity index (χ4n) is 3.72. The summed E-state index contributed by atoms with van der Waals surface area (Å²) in [5.74, 6) is 0. The Hall–Kier alpha value is -1.61. The smallest absolute Gasteiger partial charge is 0.317 e. The molecule has 3 rings (SSSR count). The zero-order chi connectivity index (χ0) is 18.0. The van der Waals surface area contributed by atoms with Crippen LogP contribution in [0.3, 0.4) is 0 Å². The van der Waals surface area contributed by atoms with Crippen molar-refractivity contribution in [2.45, 2.75) is 56.9 Å². The van der Waals surface area contributed by atoms with Gasteiger partial charge in [-0.05, 0) is 33.1 Å². The van der Waals surface area contributed by atoms with Crippen LogP contribution in [0.5, 0.6) is 0 Å². The molecule has 9 heteroatoms. The lowest BCUT2D eigenvalue weighted by atomic mass is 10.2. The number of aryl methyl sites for hydroxylation is 2. The number of nitrogens with one attached hydrogen (secondary N) is 2. The molecule has 140 valence electrons. The predicted molar refractivity (Wildman–Crippen MR) is 93.8 cm³/mol. The van der Waals surface area contributed by atoms with Crippen LogP contribution in [0, 0.1) is 13.8 Å². The second-order valence-electron chi connectivity index (χ2n) is 6.94. The average molecular weight is 369 g/mol. The second-order valence-corrected chi connectivity index (χ2v) is 8.81. The number of rotatable bonds is 3. The molecule has 0 bridgehead atoms. The third kappa shape index (κ3) is 3.82. The largest absolute Gasteiger partial charge is 0.335 e. The monoisotopic (exact) mass is 369 g/mol. The first-order chi connectivity index (χ1) is 11.9. The van der Waals surface area contributed by atoms with Gasteiger partial charge in [-0.3, -0.25) is 5.10 Å². The Morgan fingerprint density at radius 1 is 1.12 bits per heavy atom. The summed E-state index contributed by atoms with van der Waals surface area (Å²) in [6, 6.07) is 0.202. The van der Waals surface area contributed by atoms with Crippen LogP contribution in [0.25, 0.3) is 0 Å². The van der Waals surface area contributed by atoms with Crippen molar-refractivity contribution < 1.29 is 13.2 Å². The molecule has 2 amide bonds. The van der Waals surface area contributed by atoms with E-state index in [1.165, 1.54) is 17.1 Å². The van der Waals surface area contributed by atoms with Gasteiger partial charge in [-0.25, -0.2) is 13.2 Å². The Morgan fingerprint density at radius 3 is 2.48 bits per heavy atom. The number of aromatic amines is 1. The number of carbonyl (C=O) groups is 1. The highest BCUT2D eigenvalue weighted by Crippen LogP contribution is 2.23. The maximum Gasteiger partial charge on any atom is 0.317 e. The lowest BCUT2D eigenvalue weighted by Crippen LogP contribution is -2.45. The molecule has 0 spiro atoms. The number of sulfonamides is 1. The lowest BCUT2D eigenvalue weighted by molar-refractivity contribution is 0.196.